The van der Waals surface area contributed by atoms with E-state index in [1.165, 1.54) is 12.1 Å². The number of aromatic nitrogens is 1. The van der Waals surface area contributed by atoms with Crippen LogP contribution in [0.4, 0.5) is 19.0 Å². The van der Waals surface area contributed by atoms with E-state index < -0.39 is 28.5 Å². The molecule has 5 rings (SSSR count). The molecule has 1 unspecified atom stereocenters. The van der Waals surface area contributed by atoms with Crippen molar-refractivity contribution in [2.45, 2.75) is 46.4 Å². The first-order chi connectivity index (χ1) is 22.1. The van der Waals surface area contributed by atoms with Crippen LogP contribution in [0.3, 0.4) is 0 Å². The van der Waals surface area contributed by atoms with Crippen LogP contribution in [0.5, 0.6) is 0 Å². The fourth-order valence-electron chi connectivity index (χ4n) is 5.65. The number of piperidine rings is 1. The number of benzene rings is 1. The molecule has 47 heavy (non-hydrogen) atoms. The molecule has 14 heteroatoms. The van der Waals surface area contributed by atoms with E-state index in [0.717, 1.165) is 30.4 Å². The Morgan fingerprint density at radius 3 is 2.47 bits per heavy atom. The van der Waals surface area contributed by atoms with Crippen molar-refractivity contribution in [2.24, 2.45) is 33.2 Å². The fraction of sp³-hybridized carbons (Fsp3) is 0.455. The van der Waals surface area contributed by atoms with Gasteiger partial charge in [0, 0.05) is 42.2 Å². The molecule has 2 atom stereocenters. The van der Waals surface area contributed by atoms with Crippen molar-refractivity contribution in [3.8, 4) is 0 Å². The molecule has 3 aliphatic rings. The summed E-state index contributed by atoms with van der Waals surface area (Å²) in [6, 6.07) is 7.80. The van der Waals surface area contributed by atoms with Crippen molar-refractivity contribution < 1.29 is 32.2 Å². The number of hydrogen-bond donors (Lipinski definition) is 4. The second-order valence-corrected chi connectivity index (χ2v) is 13.2. The third-order valence-corrected chi connectivity index (χ3v) is 8.76. The summed E-state index contributed by atoms with van der Waals surface area (Å²) >= 11 is 0. The smallest absolute Gasteiger partial charge is 0.396 e. The summed E-state index contributed by atoms with van der Waals surface area (Å²) < 4.78 is 50.7. The molecule has 0 aliphatic carbocycles. The van der Waals surface area contributed by atoms with E-state index in [-0.39, 0.29) is 40.8 Å². The van der Waals surface area contributed by atoms with E-state index in [4.69, 9.17) is 20.9 Å². The number of rotatable bonds is 8. The second kappa shape index (κ2) is 13.0. The molecule has 0 saturated carbocycles. The molecule has 11 nitrogen and oxygen atoms in total. The lowest BCUT2D eigenvalue weighted by atomic mass is 9.85. The second-order valence-electron chi connectivity index (χ2n) is 13.2. The predicted octanol–water partition coefficient (Wildman–Crippen LogP) is 4.10. The van der Waals surface area contributed by atoms with E-state index in [1.807, 2.05) is 25.7 Å². The molecule has 3 aliphatic heterocycles. The van der Waals surface area contributed by atoms with E-state index in [0.29, 0.717) is 44.2 Å². The van der Waals surface area contributed by atoms with Gasteiger partial charge in [0.2, 0.25) is 5.91 Å². The van der Waals surface area contributed by atoms with Crippen LogP contribution in [0, 0.1) is 16.7 Å². The normalized spacial score (nSPS) is 22.3. The maximum atomic E-state index is 13.0. The predicted molar refractivity (Wildman–Crippen MR) is 170 cm³/mol. The number of carbonyl (C=O) groups is 2. The average molecular weight is 656 g/mol. The molecule has 6 N–H and O–H groups in total. The third-order valence-electron chi connectivity index (χ3n) is 8.76. The maximum Gasteiger partial charge on any atom is 0.416 e. The minimum atomic E-state index is -4.56. The molecule has 2 amide bonds. The molecular weight excluding hydrogens is 615 g/mol. The highest BCUT2D eigenvalue weighted by Crippen LogP contribution is 2.34. The zero-order valence-electron chi connectivity index (χ0n) is 26.8. The minimum Gasteiger partial charge on any atom is -0.396 e. The molecular formula is C33H40F3N7O4. The van der Waals surface area contributed by atoms with Gasteiger partial charge in [-0.25, -0.2) is 9.98 Å². The summed E-state index contributed by atoms with van der Waals surface area (Å²) in [4.78, 5) is 35.7. The molecule has 0 spiro atoms. The summed E-state index contributed by atoms with van der Waals surface area (Å²) in [5.74, 6) is -0.374. The number of amidine groups is 1. The lowest BCUT2D eigenvalue weighted by molar-refractivity contribution is -0.172. The Hall–Kier alpha value is -4.43. The first kappa shape index (κ1) is 33.9. The molecule has 1 aromatic heterocycles. The van der Waals surface area contributed by atoms with Gasteiger partial charge in [0.05, 0.1) is 42.6 Å². The molecule has 4 heterocycles. The Kier molecular flexibility index (Phi) is 9.38. The summed E-state index contributed by atoms with van der Waals surface area (Å²) in [6.45, 7) is 10.7. The molecule has 1 aromatic carbocycles. The van der Waals surface area contributed by atoms with Gasteiger partial charge >= 0.3 is 6.18 Å². The Morgan fingerprint density at radius 1 is 1.17 bits per heavy atom. The Balaban J connectivity index is 1.20. The van der Waals surface area contributed by atoms with E-state index in [2.05, 4.69) is 27.5 Å². The van der Waals surface area contributed by atoms with Crippen LogP contribution in [-0.2, 0) is 20.4 Å². The number of anilines is 1. The molecule has 252 valence electrons. The molecule has 0 bridgehead atoms. The monoisotopic (exact) mass is 655 g/mol. The Labute approximate surface area is 271 Å². The van der Waals surface area contributed by atoms with Crippen LogP contribution in [0.2, 0.25) is 0 Å². The Morgan fingerprint density at radius 2 is 1.85 bits per heavy atom. The van der Waals surface area contributed by atoms with Crippen molar-refractivity contribution in [2.75, 3.05) is 38.2 Å². The summed E-state index contributed by atoms with van der Waals surface area (Å²) in [5.41, 5.74) is 13.0. The number of amides is 2. The van der Waals surface area contributed by atoms with Crippen molar-refractivity contribution in [3.63, 3.8) is 0 Å². The number of ether oxygens (including phenoxy) is 2. The highest BCUT2D eigenvalue weighted by atomic mass is 19.4. The van der Waals surface area contributed by atoms with Crippen molar-refractivity contribution in [1.29, 1.82) is 0 Å². The van der Waals surface area contributed by atoms with Crippen molar-refractivity contribution >= 4 is 29.2 Å². The van der Waals surface area contributed by atoms with Gasteiger partial charge in [-0.1, -0.05) is 32.9 Å². The number of halogens is 3. The lowest BCUT2D eigenvalue weighted by Gasteiger charge is -2.44. The van der Waals surface area contributed by atoms with Crippen LogP contribution in [0.1, 0.15) is 55.6 Å². The SMILES string of the molecule is C[C@H]1CN(C(=O)C2(C)COC2)CCC1OCC(C)(C)C1=CN=C(N)/C(=C(/N)c2ccc(C(=O)Nc3cc(C(F)(F)F)ccn3)cc2)N1. The molecule has 0 radical (unpaired) electrons. The minimum absolute atomic E-state index is 0.0123. The van der Waals surface area contributed by atoms with Gasteiger partial charge in [-0.05, 0) is 49.1 Å². The first-order valence-electron chi connectivity index (χ1n) is 15.3. The first-order valence-corrected chi connectivity index (χ1v) is 15.3. The lowest BCUT2D eigenvalue weighted by Crippen LogP contribution is -2.57. The zero-order chi connectivity index (χ0) is 34.1. The number of aliphatic imine (C=N–C) groups is 1. The van der Waals surface area contributed by atoms with Crippen LogP contribution in [0.15, 0.2) is 65.2 Å². The highest BCUT2D eigenvalue weighted by molar-refractivity contribution is 6.05. The van der Waals surface area contributed by atoms with Gasteiger partial charge in [-0.3, -0.25) is 9.59 Å². The van der Waals surface area contributed by atoms with Gasteiger partial charge < -0.3 is 36.5 Å². The van der Waals surface area contributed by atoms with Gasteiger partial charge in [0.15, 0.2) is 0 Å². The van der Waals surface area contributed by atoms with Gasteiger partial charge in [0.25, 0.3) is 5.91 Å². The van der Waals surface area contributed by atoms with E-state index in [1.54, 1.807) is 18.3 Å². The van der Waals surface area contributed by atoms with Gasteiger partial charge in [0.1, 0.15) is 17.4 Å². The summed E-state index contributed by atoms with van der Waals surface area (Å²) in [6.07, 6.45) is -1.21. The van der Waals surface area contributed by atoms with Gasteiger partial charge in [-0.15, -0.1) is 0 Å². The molecule has 2 saturated heterocycles. The number of nitrogens with one attached hydrogen (secondary N) is 2. The van der Waals surface area contributed by atoms with Crippen molar-refractivity contribution in [3.05, 3.63) is 76.9 Å². The Bertz CT molecular complexity index is 1610. The summed E-state index contributed by atoms with van der Waals surface area (Å²) in [7, 11) is 0. The number of alkyl halides is 3. The van der Waals surface area contributed by atoms with E-state index in [9.17, 15) is 22.8 Å². The maximum absolute atomic E-state index is 13.0. The summed E-state index contributed by atoms with van der Waals surface area (Å²) in [5, 5.41) is 5.70. The number of likely N-dealkylation sites (tertiary alicyclic amines) is 1. The fourth-order valence-corrected chi connectivity index (χ4v) is 5.65. The number of nitrogens with two attached hydrogens (primary N) is 2. The van der Waals surface area contributed by atoms with Crippen LogP contribution in [-0.4, -0.2) is 66.5 Å². The van der Waals surface area contributed by atoms with Crippen molar-refractivity contribution in [1.82, 2.24) is 15.2 Å². The average Bonchev–Trinajstić information content (AvgIpc) is 3.02. The topological polar surface area (TPSA) is 157 Å². The third kappa shape index (κ3) is 7.43. The number of carbonyl (C=O) groups excluding carboxylic acids is 2. The zero-order valence-corrected chi connectivity index (χ0v) is 26.8. The van der Waals surface area contributed by atoms with E-state index >= 15 is 0 Å². The quantitative estimate of drug-likeness (QED) is 0.331. The number of hydrogen-bond acceptors (Lipinski definition) is 9. The molecule has 2 aromatic rings. The largest absolute Gasteiger partial charge is 0.416 e. The number of nitrogens with zero attached hydrogens (tertiary/aromatic N) is 3. The van der Waals surface area contributed by atoms with Crippen LogP contribution >= 0.6 is 0 Å². The van der Waals surface area contributed by atoms with Crippen LogP contribution < -0.4 is 22.1 Å². The van der Waals surface area contributed by atoms with Crippen LogP contribution in [0.25, 0.3) is 5.70 Å². The van der Waals surface area contributed by atoms with Gasteiger partial charge in [-0.2, -0.15) is 13.2 Å². The standard InChI is InChI=1S/C33H40F3N7O4/c1-19-15-43(30(45)32(4)17-46-18-32)12-10-23(19)47-16-31(2,3)24-14-40-28(38)27(41-24)26(37)20-5-7-21(8-6-20)29(44)42-25-13-22(9-11-39-25)33(34,35)36/h5-9,11,13-14,19,23,41H,10,12,15-18,37H2,1-4H3,(H2,38,40)(H,39,42,44)/b27-26-/t19-,23?/m0/s1. The number of pyridine rings is 1. The highest BCUT2D eigenvalue weighted by Gasteiger charge is 2.45. The molecule has 2 fully saturated rings.